The van der Waals surface area contributed by atoms with Crippen molar-refractivity contribution in [3.05, 3.63) is 41.6 Å². The minimum absolute atomic E-state index is 0.326. The van der Waals surface area contributed by atoms with Crippen LogP contribution in [0.1, 0.15) is 30.5 Å². The van der Waals surface area contributed by atoms with E-state index in [9.17, 15) is 0 Å². The maximum atomic E-state index is 5.70. The molecule has 1 fully saturated rings. The summed E-state index contributed by atoms with van der Waals surface area (Å²) in [6.45, 7) is 1.74. The third kappa shape index (κ3) is 2.71. The van der Waals surface area contributed by atoms with Crippen LogP contribution in [0.4, 0.5) is 5.82 Å². The Hall–Kier alpha value is -1.94. The van der Waals surface area contributed by atoms with Gasteiger partial charge in [-0.1, -0.05) is 30.3 Å². The van der Waals surface area contributed by atoms with E-state index in [0.29, 0.717) is 6.10 Å². The van der Waals surface area contributed by atoms with Gasteiger partial charge in [-0.2, -0.15) is 0 Å². The molecule has 1 aliphatic heterocycles. The number of aryl methyl sites for hydroxylation is 1. The standard InChI is InChI=1S/C18H21N3O/c1-2-6-13(7-3-1)17-20-16-10-4-9-15(16)18(21-17)19-12-14-8-5-11-22-14/h1-3,6-7,14H,4-5,8-12H2,(H,19,20,21). The fourth-order valence-electron chi connectivity index (χ4n) is 3.31. The molecule has 0 radical (unpaired) electrons. The smallest absolute Gasteiger partial charge is 0.161 e. The lowest BCUT2D eigenvalue weighted by molar-refractivity contribution is 0.120. The summed E-state index contributed by atoms with van der Waals surface area (Å²) in [5, 5.41) is 3.52. The Bertz CT molecular complexity index is 651. The van der Waals surface area contributed by atoms with Gasteiger partial charge in [0, 0.05) is 30.0 Å². The summed E-state index contributed by atoms with van der Waals surface area (Å²) >= 11 is 0. The van der Waals surface area contributed by atoms with Gasteiger partial charge >= 0.3 is 0 Å². The van der Waals surface area contributed by atoms with Crippen molar-refractivity contribution in [1.82, 2.24) is 9.97 Å². The number of anilines is 1. The van der Waals surface area contributed by atoms with Crippen LogP contribution in [0.15, 0.2) is 30.3 Å². The van der Waals surface area contributed by atoms with Crippen LogP contribution in [0.5, 0.6) is 0 Å². The minimum Gasteiger partial charge on any atom is -0.376 e. The molecule has 2 heterocycles. The first kappa shape index (κ1) is 13.7. The van der Waals surface area contributed by atoms with Gasteiger partial charge in [0.05, 0.1) is 6.10 Å². The van der Waals surface area contributed by atoms with Crippen molar-refractivity contribution in [2.45, 2.75) is 38.2 Å². The maximum absolute atomic E-state index is 5.70. The van der Waals surface area contributed by atoms with Gasteiger partial charge in [-0.15, -0.1) is 0 Å². The highest BCUT2D eigenvalue weighted by Gasteiger charge is 2.21. The second kappa shape index (κ2) is 6.05. The third-order valence-corrected chi connectivity index (χ3v) is 4.49. The Labute approximate surface area is 130 Å². The van der Waals surface area contributed by atoms with E-state index in [4.69, 9.17) is 14.7 Å². The third-order valence-electron chi connectivity index (χ3n) is 4.49. The van der Waals surface area contributed by atoms with Gasteiger partial charge in [0.25, 0.3) is 0 Å². The molecule has 0 bridgehead atoms. The van der Waals surface area contributed by atoms with Gasteiger partial charge in [0.15, 0.2) is 5.82 Å². The highest BCUT2D eigenvalue weighted by molar-refractivity contribution is 5.60. The van der Waals surface area contributed by atoms with Crippen molar-refractivity contribution in [3.63, 3.8) is 0 Å². The van der Waals surface area contributed by atoms with E-state index in [1.54, 1.807) is 0 Å². The summed E-state index contributed by atoms with van der Waals surface area (Å²) in [5.74, 6) is 1.84. The SMILES string of the molecule is c1ccc(-c2nc3c(c(NCC4CCCO4)n2)CCC3)cc1. The van der Waals surface area contributed by atoms with Crippen molar-refractivity contribution in [1.29, 1.82) is 0 Å². The highest BCUT2D eigenvalue weighted by Crippen LogP contribution is 2.29. The van der Waals surface area contributed by atoms with E-state index in [1.165, 1.54) is 24.1 Å². The Balaban J connectivity index is 1.63. The van der Waals surface area contributed by atoms with Gasteiger partial charge in [0.2, 0.25) is 0 Å². The Kier molecular flexibility index (Phi) is 3.77. The number of hydrogen-bond donors (Lipinski definition) is 1. The molecule has 0 amide bonds. The van der Waals surface area contributed by atoms with E-state index in [2.05, 4.69) is 17.4 Å². The summed E-state index contributed by atoms with van der Waals surface area (Å²) in [4.78, 5) is 9.58. The van der Waals surface area contributed by atoms with Crippen molar-refractivity contribution < 1.29 is 4.74 Å². The summed E-state index contributed by atoms with van der Waals surface area (Å²) in [7, 11) is 0. The van der Waals surface area contributed by atoms with E-state index in [0.717, 1.165) is 49.6 Å². The van der Waals surface area contributed by atoms with Crippen LogP contribution in [0.3, 0.4) is 0 Å². The molecule has 114 valence electrons. The molecule has 1 aromatic carbocycles. The number of aromatic nitrogens is 2. The molecule has 4 heteroatoms. The molecule has 1 atom stereocenters. The number of fused-ring (bicyclic) bond motifs is 1. The second-order valence-corrected chi connectivity index (χ2v) is 6.06. The molecular formula is C18H21N3O. The molecule has 1 N–H and O–H groups in total. The molecule has 4 nitrogen and oxygen atoms in total. The quantitative estimate of drug-likeness (QED) is 0.941. The van der Waals surface area contributed by atoms with Crippen LogP contribution in [-0.4, -0.2) is 29.2 Å². The molecule has 2 aromatic rings. The van der Waals surface area contributed by atoms with Crippen molar-refractivity contribution >= 4 is 5.82 Å². The number of benzene rings is 1. The number of hydrogen-bond acceptors (Lipinski definition) is 4. The molecule has 1 saturated heterocycles. The Morgan fingerprint density at radius 2 is 2.00 bits per heavy atom. The number of nitrogens with zero attached hydrogens (tertiary/aromatic N) is 2. The average molecular weight is 295 g/mol. The van der Waals surface area contributed by atoms with Crippen molar-refractivity contribution in [2.24, 2.45) is 0 Å². The molecule has 4 rings (SSSR count). The van der Waals surface area contributed by atoms with E-state index < -0.39 is 0 Å². The monoisotopic (exact) mass is 295 g/mol. The summed E-state index contributed by atoms with van der Waals surface area (Å²) in [6.07, 6.45) is 5.96. The van der Waals surface area contributed by atoms with Crippen molar-refractivity contribution in [3.8, 4) is 11.4 Å². The van der Waals surface area contributed by atoms with Gasteiger partial charge in [0.1, 0.15) is 5.82 Å². The molecule has 1 unspecified atom stereocenters. The molecule has 2 aliphatic rings. The average Bonchev–Trinajstić information content (AvgIpc) is 3.24. The molecule has 0 saturated carbocycles. The topological polar surface area (TPSA) is 47.0 Å². The molecule has 1 aliphatic carbocycles. The van der Waals surface area contributed by atoms with E-state index >= 15 is 0 Å². The normalized spacial score (nSPS) is 20.1. The Morgan fingerprint density at radius 3 is 2.82 bits per heavy atom. The van der Waals surface area contributed by atoms with Crippen LogP contribution in [0.2, 0.25) is 0 Å². The predicted octanol–water partition coefficient (Wildman–Crippen LogP) is 3.22. The van der Waals surface area contributed by atoms with Crippen LogP contribution >= 0.6 is 0 Å². The van der Waals surface area contributed by atoms with Gasteiger partial charge in [-0.3, -0.25) is 0 Å². The first-order valence-electron chi connectivity index (χ1n) is 8.21. The fraction of sp³-hybridized carbons (Fsp3) is 0.444. The summed E-state index contributed by atoms with van der Waals surface area (Å²) < 4.78 is 5.70. The summed E-state index contributed by atoms with van der Waals surface area (Å²) in [5.41, 5.74) is 3.60. The second-order valence-electron chi connectivity index (χ2n) is 6.06. The zero-order valence-electron chi connectivity index (χ0n) is 12.7. The lowest BCUT2D eigenvalue weighted by Crippen LogP contribution is -2.20. The molecule has 1 aromatic heterocycles. The highest BCUT2D eigenvalue weighted by atomic mass is 16.5. The van der Waals surface area contributed by atoms with Crippen molar-refractivity contribution in [2.75, 3.05) is 18.5 Å². The number of rotatable bonds is 4. The largest absolute Gasteiger partial charge is 0.376 e. The molecule has 0 spiro atoms. The van der Waals surface area contributed by atoms with Crippen LogP contribution < -0.4 is 5.32 Å². The van der Waals surface area contributed by atoms with Crippen LogP contribution in [0.25, 0.3) is 11.4 Å². The van der Waals surface area contributed by atoms with Crippen LogP contribution in [-0.2, 0) is 17.6 Å². The van der Waals surface area contributed by atoms with Crippen LogP contribution in [0, 0.1) is 0 Å². The first-order chi connectivity index (χ1) is 10.9. The maximum Gasteiger partial charge on any atom is 0.161 e. The predicted molar refractivity (Wildman–Crippen MR) is 87.0 cm³/mol. The number of nitrogens with one attached hydrogen (secondary N) is 1. The molecular weight excluding hydrogens is 274 g/mol. The summed E-state index contributed by atoms with van der Waals surface area (Å²) in [6, 6.07) is 10.2. The Morgan fingerprint density at radius 1 is 1.09 bits per heavy atom. The van der Waals surface area contributed by atoms with Gasteiger partial charge in [-0.05, 0) is 32.1 Å². The lowest BCUT2D eigenvalue weighted by Gasteiger charge is -2.15. The van der Waals surface area contributed by atoms with Gasteiger partial charge < -0.3 is 10.1 Å². The molecule has 22 heavy (non-hydrogen) atoms. The fourth-order valence-corrected chi connectivity index (χ4v) is 3.31. The lowest BCUT2D eigenvalue weighted by atomic mass is 10.1. The zero-order chi connectivity index (χ0) is 14.8. The van der Waals surface area contributed by atoms with E-state index in [-0.39, 0.29) is 0 Å². The van der Waals surface area contributed by atoms with Gasteiger partial charge in [-0.25, -0.2) is 9.97 Å². The number of ether oxygens (including phenoxy) is 1. The first-order valence-corrected chi connectivity index (χ1v) is 8.21. The van der Waals surface area contributed by atoms with E-state index in [1.807, 2.05) is 18.2 Å². The zero-order valence-corrected chi connectivity index (χ0v) is 12.7. The minimum atomic E-state index is 0.326.